The summed E-state index contributed by atoms with van der Waals surface area (Å²) in [5.74, 6) is -1.09. The standard InChI is InChI=1S/C16H23NO3/c1-11(2)12(3)15(18)17(4)14(16(19)20)10-13-8-6-5-7-9-13/h5-9,11-12,14H,10H2,1-4H3,(H,19,20). The van der Waals surface area contributed by atoms with E-state index in [0.29, 0.717) is 6.42 Å². The Morgan fingerprint density at radius 2 is 1.70 bits per heavy atom. The largest absolute Gasteiger partial charge is 0.480 e. The highest BCUT2D eigenvalue weighted by Crippen LogP contribution is 2.16. The molecule has 4 nitrogen and oxygen atoms in total. The quantitative estimate of drug-likeness (QED) is 0.869. The van der Waals surface area contributed by atoms with E-state index in [4.69, 9.17) is 0 Å². The fraction of sp³-hybridized carbons (Fsp3) is 0.500. The molecule has 4 heteroatoms. The van der Waals surface area contributed by atoms with Crippen molar-refractivity contribution in [3.8, 4) is 0 Å². The summed E-state index contributed by atoms with van der Waals surface area (Å²) in [5.41, 5.74) is 0.914. The van der Waals surface area contributed by atoms with E-state index in [1.807, 2.05) is 51.1 Å². The molecule has 0 saturated carbocycles. The van der Waals surface area contributed by atoms with Gasteiger partial charge in [-0.3, -0.25) is 4.79 Å². The molecule has 0 spiro atoms. The number of carboxylic acids is 1. The summed E-state index contributed by atoms with van der Waals surface area (Å²) in [6, 6.07) is 8.54. The first-order chi connectivity index (χ1) is 9.34. The zero-order valence-electron chi connectivity index (χ0n) is 12.5. The van der Waals surface area contributed by atoms with Crippen LogP contribution in [0.5, 0.6) is 0 Å². The van der Waals surface area contributed by atoms with Crippen LogP contribution in [-0.4, -0.2) is 35.0 Å². The van der Waals surface area contributed by atoms with Gasteiger partial charge >= 0.3 is 5.97 Å². The Labute approximate surface area is 120 Å². The first kappa shape index (κ1) is 16.2. The third kappa shape index (κ3) is 4.08. The van der Waals surface area contributed by atoms with E-state index in [9.17, 15) is 14.7 Å². The van der Waals surface area contributed by atoms with Gasteiger partial charge in [-0.15, -0.1) is 0 Å². The van der Waals surface area contributed by atoms with Gasteiger partial charge in [-0.25, -0.2) is 4.79 Å². The summed E-state index contributed by atoms with van der Waals surface area (Å²) in [6.07, 6.45) is 0.323. The molecule has 0 radical (unpaired) electrons. The molecule has 1 aromatic rings. The number of benzene rings is 1. The lowest BCUT2D eigenvalue weighted by molar-refractivity contribution is -0.151. The van der Waals surface area contributed by atoms with Gasteiger partial charge in [0.2, 0.25) is 5.91 Å². The number of likely N-dealkylation sites (N-methyl/N-ethyl adjacent to an activating group) is 1. The normalized spacial score (nSPS) is 13.8. The fourth-order valence-electron chi connectivity index (χ4n) is 1.99. The summed E-state index contributed by atoms with van der Waals surface area (Å²) in [5, 5.41) is 9.38. The number of aliphatic carboxylic acids is 1. The molecule has 0 aliphatic carbocycles. The molecule has 1 aromatic carbocycles. The van der Waals surface area contributed by atoms with Crippen molar-refractivity contribution in [2.75, 3.05) is 7.05 Å². The Morgan fingerprint density at radius 1 is 1.15 bits per heavy atom. The Bertz CT molecular complexity index is 456. The van der Waals surface area contributed by atoms with Gasteiger partial charge in [0.1, 0.15) is 6.04 Å². The first-order valence-electron chi connectivity index (χ1n) is 6.88. The minimum atomic E-state index is -0.972. The number of carbonyl (C=O) groups is 2. The maximum atomic E-state index is 12.3. The van der Waals surface area contributed by atoms with E-state index in [1.165, 1.54) is 4.90 Å². The van der Waals surface area contributed by atoms with E-state index in [2.05, 4.69) is 0 Å². The second-order valence-electron chi connectivity index (χ2n) is 5.53. The summed E-state index contributed by atoms with van der Waals surface area (Å²) >= 11 is 0. The highest BCUT2D eigenvalue weighted by atomic mass is 16.4. The molecule has 0 saturated heterocycles. The Morgan fingerprint density at radius 3 is 2.15 bits per heavy atom. The van der Waals surface area contributed by atoms with Crippen molar-refractivity contribution in [3.05, 3.63) is 35.9 Å². The second-order valence-corrected chi connectivity index (χ2v) is 5.53. The van der Waals surface area contributed by atoms with Crippen molar-refractivity contribution in [1.82, 2.24) is 4.90 Å². The summed E-state index contributed by atoms with van der Waals surface area (Å²) in [6.45, 7) is 5.76. The first-order valence-corrected chi connectivity index (χ1v) is 6.88. The van der Waals surface area contributed by atoms with Crippen LogP contribution in [0.1, 0.15) is 26.3 Å². The molecule has 0 aliphatic rings. The molecule has 0 heterocycles. The number of nitrogens with zero attached hydrogens (tertiary/aromatic N) is 1. The third-order valence-electron chi connectivity index (χ3n) is 3.76. The van der Waals surface area contributed by atoms with Crippen LogP contribution in [0.3, 0.4) is 0 Å². The lowest BCUT2D eigenvalue weighted by Crippen LogP contribution is -2.46. The number of hydrogen-bond acceptors (Lipinski definition) is 2. The van der Waals surface area contributed by atoms with E-state index in [1.54, 1.807) is 7.05 Å². The van der Waals surface area contributed by atoms with Gasteiger partial charge in [0.05, 0.1) is 0 Å². The van der Waals surface area contributed by atoms with Gasteiger partial charge in [0.15, 0.2) is 0 Å². The molecule has 2 atom stereocenters. The minimum Gasteiger partial charge on any atom is -0.480 e. The van der Waals surface area contributed by atoms with Crippen LogP contribution in [0.4, 0.5) is 0 Å². The van der Waals surface area contributed by atoms with Gasteiger partial charge in [0, 0.05) is 19.4 Å². The zero-order valence-corrected chi connectivity index (χ0v) is 12.5. The van der Waals surface area contributed by atoms with Gasteiger partial charge in [0.25, 0.3) is 0 Å². The van der Waals surface area contributed by atoms with Crippen LogP contribution in [0.15, 0.2) is 30.3 Å². The van der Waals surface area contributed by atoms with Crippen molar-refractivity contribution < 1.29 is 14.7 Å². The molecule has 0 aliphatic heterocycles. The molecule has 1 amide bonds. The molecule has 0 fully saturated rings. The highest BCUT2D eigenvalue weighted by molar-refractivity contribution is 5.85. The minimum absolute atomic E-state index is 0.122. The van der Waals surface area contributed by atoms with Crippen LogP contribution in [0, 0.1) is 11.8 Å². The van der Waals surface area contributed by atoms with Crippen molar-refractivity contribution in [2.45, 2.75) is 33.2 Å². The Kier molecular flexibility index (Phi) is 5.74. The average Bonchev–Trinajstić information content (AvgIpc) is 2.43. The number of carbonyl (C=O) groups excluding carboxylic acids is 1. The van der Waals surface area contributed by atoms with Crippen LogP contribution < -0.4 is 0 Å². The number of rotatable bonds is 6. The van der Waals surface area contributed by atoms with Crippen molar-refractivity contribution >= 4 is 11.9 Å². The molecular formula is C16H23NO3. The molecule has 2 unspecified atom stereocenters. The zero-order chi connectivity index (χ0) is 15.3. The van der Waals surface area contributed by atoms with Crippen LogP contribution in [-0.2, 0) is 16.0 Å². The van der Waals surface area contributed by atoms with Crippen LogP contribution >= 0.6 is 0 Å². The molecular weight excluding hydrogens is 254 g/mol. The van der Waals surface area contributed by atoms with E-state index >= 15 is 0 Å². The van der Waals surface area contributed by atoms with Crippen LogP contribution in [0.25, 0.3) is 0 Å². The molecule has 0 bridgehead atoms. The predicted octanol–water partition coefficient (Wildman–Crippen LogP) is 2.43. The molecule has 1 N–H and O–H groups in total. The number of amides is 1. The maximum Gasteiger partial charge on any atom is 0.326 e. The van der Waals surface area contributed by atoms with Crippen molar-refractivity contribution in [2.24, 2.45) is 11.8 Å². The van der Waals surface area contributed by atoms with Crippen molar-refractivity contribution in [1.29, 1.82) is 0 Å². The van der Waals surface area contributed by atoms with Gasteiger partial charge in [-0.2, -0.15) is 0 Å². The lowest BCUT2D eigenvalue weighted by atomic mass is 9.95. The molecule has 110 valence electrons. The van der Waals surface area contributed by atoms with E-state index < -0.39 is 12.0 Å². The monoisotopic (exact) mass is 277 g/mol. The maximum absolute atomic E-state index is 12.3. The van der Waals surface area contributed by atoms with E-state index in [0.717, 1.165) is 5.56 Å². The van der Waals surface area contributed by atoms with Crippen molar-refractivity contribution in [3.63, 3.8) is 0 Å². The fourth-order valence-corrected chi connectivity index (χ4v) is 1.99. The lowest BCUT2D eigenvalue weighted by Gasteiger charge is -2.29. The summed E-state index contributed by atoms with van der Waals surface area (Å²) in [7, 11) is 1.57. The second kappa shape index (κ2) is 7.08. The molecule has 0 aromatic heterocycles. The summed E-state index contributed by atoms with van der Waals surface area (Å²) < 4.78 is 0. The number of carboxylic acid groups (broad SMARTS) is 1. The molecule has 20 heavy (non-hydrogen) atoms. The topological polar surface area (TPSA) is 57.6 Å². The SMILES string of the molecule is CC(C)C(C)C(=O)N(C)C(Cc1ccccc1)C(=O)O. The van der Waals surface area contributed by atoms with Gasteiger partial charge in [-0.1, -0.05) is 51.1 Å². The predicted molar refractivity (Wildman–Crippen MR) is 78.3 cm³/mol. The smallest absolute Gasteiger partial charge is 0.326 e. The Hall–Kier alpha value is -1.84. The van der Waals surface area contributed by atoms with Gasteiger partial charge in [-0.05, 0) is 11.5 Å². The third-order valence-corrected chi connectivity index (χ3v) is 3.76. The van der Waals surface area contributed by atoms with Gasteiger partial charge < -0.3 is 10.0 Å². The Balaban J connectivity index is 2.86. The summed E-state index contributed by atoms with van der Waals surface area (Å²) in [4.78, 5) is 25.1. The van der Waals surface area contributed by atoms with Crippen LogP contribution in [0.2, 0.25) is 0 Å². The highest BCUT2D eigenvalue weighted by Gasteiger charge is 2.30. The average molecular weight is 277 g/mol. The molecule has 1 rings (SSSR count). The van der Waals surface area contributed by atoms with E-state index in [-0.39, 0.29) is 17.7 Å². The number of hydrogen-bond donors (Lipinski definition) is 1.